The first-order valence-electron chi connectivity index (χ1n) is 13.9. The van der Waals surface area contributed by atoms with Crippen LogP contribution in [0.1, 0.15) is 26.7 Å². The highest BCUT2D eigenvalue weighted by molar-refractivity contribution is 6.04. The third-order valence-corrected chi connectivity index (χ3v) is 7.16. The van der Waals surface area contributed by atoms with Crippen LogP contribution in [0.25, 0.3) is 33.4 Å². The van der Waals surface area contributed by atoms with E-state index in [1.165, 1.54) is 7.05 Å². The maximum absolute atomic E-state index is 11.6. The van der Waals surface area contributed by atoms with Crippen molar-refractivity contribution in [2.45, 2.75) is 26.7 Å². The Kier molecular flexibility index (Phi) is 10.8. The molecule has 0 amide bonds. The van der Waals surface area contributed by atoms with Gasteiger partial charge in [0, 0.05) is 73.9 Å². The van der Waals surface area contributed by atoms with Crippen LogP contribution < -0.4 is 34.9 Å². The van der Waals surface area contributed by atoms with Crippen molar-refractivity contribution in [3.8, 4) is 33.9 Å². The van der Waals surface area contributed by atoms with Gasteiger partial charge in [-0.3, -0.25) is 0 Å². The summed E-state index contributed by atoms with van der Waals surface area (Å²) in [6.07, 6.45) is 1.39. The zero-order valence-electron chi connectivity index (χ0n) is 26.0. The molecule has 0 saturated heterocycles. The van der Waals surface area contributed by atoms with Crippen LogP contribution in [0.3, 0.4) is 0 Å². The molecule has 0 radical (unpaired) electrons. The molecular formula is C33H45N4O4+. The summed E-state index contributed by atoms with van der Waals surface area (Å²) in [5, 5.41) is 2.03. The van der Waals surface area contributed by atoms with Gasteiger partial charge in [0.2, 0.25) is 5.36 Å². The van der Waals surface area contributed by atoms with Gasteiger partial charge in [-0.1, -0.05) is 0 Å². The molecule has 0 unspecified atom stereocenters. The maximum atomic E-state index is 11.6. The molecule has 0 spiro atoms. The molecule has 1 aliphatic carbocycles. The van der Waals surface area contributed by atoms with E-state index in [1.807, 2.05) is 26.2 Å². The van der Waals surface area contributed by atoms with Crippen molar-refractivity contribution in [2.24, 2.45) is 5.73 Å². The number of nitrogens with zero attached hydrogens (tertiary/aromatic N) is 3. The SMILES string of the molecule is CCN(CCCC(C)=O)c1cc(OC)c(-c2c3ccc(=[N+](C)C)cc-3oc3cc(OC)ccc23)cc1N(C)C.CN. The Labute approximate surface area is 243 Å². The van der Waals surface area contributed by atoms with Crippen LogP contribution in [0, 0.1) is 0 Å². The lowest BCUT2D eigenvalue weighted by molar-refractivity contribution is -0.117. The number of carbonyl (C=O) groups excluding carboxylic acids is 1. The molecule has 0 saturated carbocycles. The van der Waals surface area contributed by atoms with Crippen LogP contribution in [-0.2, 0) is 4.79 Å². The van der Waals surface area contributed by atoms with Crippen molar-refractivity contribution in [2.75, 3.05) is 72.3 Å². The van der Waals surface area contributed by atoms with E-state index in [0.29, 0.717) is 6.42 Å². The van der Waals surface area contributed by atoms with E-state index in [1.54, 1.807) is 21.1 Å². The molecule has 2 aromatic carbocycles. The molecule has 41 heavy (non-hydrogen) atoms. The van der Waals surface area contributed by atoms with Crippen LogP contribution in [-0.4, -0.2) is 68.3 Å². The average Bonchev–Trinajstić information content (AvgIpc) is 2.97. The molecule has 220 valence electrons. The van der Waals surface area contributed by atoms with E-state index in [2.05, 4.69) is 77.5 Å². The number of hydrogen-bond donors (Lipinski definition) is 1. The minimum atomic E-state index is 0.217. The van der Waals surface area contributed by atoms with Crippen LogP contribution in [0.5, 0.6) is 11.5 Å². The summed E-state index contributed by atoms with van der Waals surface area (Å²) in [4.78, 5) is 16.0. The minimum Gasteiger partial charge on any atom is -0.497 e. The predicted octanol–water partition coefficient (Wildman–Crippen LogP) is 5.09. The van der Waals surface area contributed by atoms with E-state index in [-0.39, 0.29) is 5.78 Å². The fourth-order valence-electron chi connectivity index (χ4n) is 5.06. The first-order valence-corrected chi connectivity index (χ1v) is 13.9. The first kappa shape index (κ1) is 31.5. The number of fused-ring (bicyclic) bond motifs is 2. The van der Waals surface area contributed by atoms with Crippen molar-refractivity contribution in [3.63, 3.8) is 0 Å². The lowest BCUT2D eigenvalue weighted by Crippen LogP contribution is -2.26. The van der Waals surface area contributed by atoms with Gasteiger partial charge < -0.3 is 34.2 Å². The van der Waals surface area contributed by atoms with Crippen molar-refractivity contribution in [1.82, 2.24) is 4.58 Å². The number of nitrogens with two attached hydrogens (primary N) is 1. The van der Waals surface area contributed by atoms with E-state index in [0.717, 1.165) is 81.2 Å². The lowest BCUT2D eigenvalue weighted by Gasteiger charge is -2.30. The highest BCUT2D eigenvalue weighted by atomic mass is 16.5. The number of carbonyl (C=O) groups is 1. The molecule has 8 nitrogen and oxygen atoms in total. The van der Waals surface area contributed by atoms with Gasteiger partial charge in [0.25, 0.3) is 0 Å². The fraction of sp³-hybridized carbons (Fsp3) is 0.394. The summed E-state index contributed by atoms with van der Waals surface area (Å²) in [5.74, 6) is 2.52. The topological polar surface area (TPSA) is 84.2 Å². The Morgan fingerprint density at radius 1 is 0.951 bits per heavy atom. The standard InChI is InChI=1S/C32H40N3O4.CH5N/c1-9-35(16-10-11-21(2)36)28-20-29(38-8)26(19-27(28)34(5)6)32-24-14-12-22(33(3)4)17-30(24)39-31-18-23(37-7)13-15-25(31)32;1-2/h12-15,17-20H,9-11,16H2,1-8H3;2H2,1H3/q+1;. The fourth-order valence-corrected chi connectivity index (χ4v) is 5.06. The van der Waals surface area contributed by atoms with Gasteiger partial charge in [-0.15, -0.1) is 0 Å². The number of ketones is 1. The Bertz CT molecular complexity index is 1540. The van der Waals surface area contributed by atoms with E-state index >= 15 is 0 Å². The Morgan fingerprint density at radius 3 is 2.27 bits per heavy atom. The second-order valence-corrected chi connectivity index (χ2v) is 10.2. The lowest BCUT2D eigenvalue weighted by atomic mass is 9.92. The number of ether oxygens (including phenoxy) is 2. The number of Topliss-reactive ketones (excluding diaryl/α,β-unsaturated/α-hetero) is 1. The smallest absolute Gasteiger partial charge is 0.203 e. The number of anilines is 2. The quantitative estimate of drug-likeness (QED) is 0.213. The second-order valence-electron chi connectivity index (χ2n) is 10.2. The van der Waals surface area contributed by atoms with E-state index in [9.17, 15) is 4.79 Å². The molecule has 0 bridgehead atoms. The van der Waals surface area contributed by atoms with Gasteiger partial charge in [-0.2, -0.15) is 0 Å². The number of hydrogen-bond acceptors (Lipinski definition) is 7. The Morgan fingerprint density at radius 2 is 1.68 bits per heavy atom. The van der Waals surface area contributed by atoms with Crippen LogP contribution in [0.2, 0.25) is 0 Å². The van der Waals surface area contributed by atoms with Crippen molar-refractivity contribution >= 4 is 28.1 Å². The number of rotatable bonds is 10. The molecule has 2 aliphatic rings. The van der Waals surface area contributed by atoms with Gasteiger partial charge >= 0.3 is 0 Å². The molecular weight excluding hydrogens is 516 g/mol. The molecule has 0 atom stereocenters. The highest BCUT2D eigenvalue weighted by Crippen LogP contribution is 2.47. The van der Waals surface area contributed by atoms with Crippen LogP contribution in [0.15, 0.2) is 52.9 Å². The minimum absolute atomic E-state index is 0.217. The molecule has 0 fully saturated rings. The van der Waals surface area contributed by atoms with Gasteiger partial charge in [-0.25, -0.2) is 4.58 Å². The van der Waals surface area contributed by atoms with Crippen molar-refractivity contribution < 1.29 is 18.7 Å². The van der Waals surface area contributed by atoms with Gasteiger partial charge in [0.1, 0.15) is 42.7 Å². The van der Waals surface area contributed by atoms with Crippen LogP contribution in [0.4, 0.5) is 11.4 Å². The Balaban J connectivity index is 0.00000226. The predicted molar refractivity (Wildman–Crippen MR) is 171 cm³/mol. The largest absolute Gasteiger partial charge is 0.497 e. The van der Waals surface area contributed by atoms with Crippen molar-refractivity contribution in [3.05, 3.63) is 53.9 Å². The van der Waals surface area contributed by atoms with E-state index < -0.39 is 0 Å². The summed E-state index contributed by atoms with van der Waals surface area (Å²) in [7, 11) is 13.0. The molecule has 1 heterocycles. The maximum Gasteiger partial charge on any atom is 0.203 e. The van der Waals surface area contributed by atoms with Gasteiger partial charge in [-0.05, 0) is 51.6 Å². The molecule has 4 rings (SSSR count). The monoisotopic (exact) mass is 561 g/mol. The van der Waals surface area contributed by atoms with Gasteiger partial charge in [0.15, 0.2) is 0 Å². The Hall–Kier alpha value is -4.04. The summed E-state index contributed by atoms with van der Waals surface area (Å²) in [5.41, 5.74) is 10.4. The highest BCUT2D eigenvalue weighted by Gasteiger charge is 2.24. The van der Waals surface area contributed by atoms with Gasteiger partial charge in [0.05, 0.1) is 31.7 Å². The van der Waals surface area contributed by atoms with Crippen LogP contribution >= 0.6 is 0 Å². The number of benzene rings is 3. The molecule has 8 heteroatoms. The molecule has 2 N–H and O–H groups in total. The second kappa shape index (κ2) is 14.0. The zero-order valence-corrected chi connectivity index (χ0v) is 26.0. The summed E-state index contributed by atoms with van der Waals surface area (Å²) >= 11 is 0. The average molecular weight is 562 g/mol. The summed E-state index contributed by atoms with van der Waals surface area (Å²) in [6, 6.07) is 16.6. The zero-order chi connectivity index (χ0) is 30.3. The third-order valence-electron chi connectivity index (χ3n) is 7.16. The van der Waals surface area contributed by atoms with Crippen molar-refractivity contribution in [1.29, 1.82) is 0 Å². The number of methoxy groups -OCH3 is 2. The first-order chi connectivity index (χ1) is 19.7. The van der Waals surface area contributed by atoms with E-state index in [4.69, 9.17) is 13.9 Å². The summed E-state index contributed by atoms with van der Waals surface area (Å²) < 4.78 is 20.1. The molecule has 0 aromatic heterocycles. The third kappa shape index (κ3) is 6.82. The molecule has 2 aromatic rings. The molecule has 1 aliphatic heterocycles. The normalized spacial score (nSPS) is 10.7. The summed E-state index contributed by atoms with van der Waals surface area (Å²) in [6.45, 7) is 5.41.